The normalized spacial score (nSPS) is 11.7. The van der Waals surface area contributed by atoms with Crippen LogP contribution in [0.2, 0.25) is 0 Å². The number of nitrogens with one attached hydrogen (secondary N) is 1. The molecule has 0 spiro atoms. The third-order valence-electron chi connectivity index (χ3n) is 2.85. The van der Waals surface area contributed by atoms with E-state index in [1.807, 2.05) is 19.1 Å². The third kappa shape index (κ3) is 3.03. The molecule has 0 amide bonds. The first kappa shape index (κ1) is 13.8. The van der Waals surface area contributed by atoms with E-state index in [4.69, 9.17) is 10.5 Å². The monoisotopic (exact) mass is 272 g/mol. The number of rotatable bonds is 4. The molecular weight excluding hydrogens is 256 g/mol. The van der Waals surface area contributed by atoms with Crippen LogP contribution in [0, 0.1) is 0 Å². The number of esters is 1. The number of anilines is 2. The Hall–Kier alpha value is -2.63. The SMILES string of the molecule is COC(=O)c1cc(N)cnc1NC(C)c1cccnc1. The van der Waals surface area contributed by atoms with Crippen molar-refractivity contribution < 1.29 is 9.53 Å². The molecule has 0 saturated carbocycles. The molecule has 0 bridgehead atoms. The molecule has 2 heterocycles. The maximum atomic E-state index is 11.7. The molecule has 6 heteroatoms. The van der Waals surface area contributed by atoms with Gasteiger partial charge in [0.25, 0.3) is 0 Å². The van der Waals surface area contributed by atoms with E-state index in [2.05, 4.69) is 15.3 Å². The van der Waals surface area contributed by atoms with Gasteiger partial charge in [0, 0.05) is 12.4 Å². The third-order valence-corrected chi connectivity index (χ3v) is 2.85. The highest BCUT2D eigenvalue weighted by atomic mass is 16.5. The van der Waals surface area contributed by atoms with Gasteiger partial charge in [-0.3, -0.25) is 4.98 Å². The molecule has 1 unspecified atom stereocenters. The molecule has 0 aromatic carbocycles. The lowest BCUT2D eigenvalue weighted by Gasteiger charge is -2.16. The average molecular weight is 272 g/mol. The Bertz CT molecular complexity index is 601. The number of hydrogen-bond donors (Lipinski definition) is 2. The molecule has 104 valence electrons. The van der Waals surface area contributed by atoms with Gasteiger partial charge in [-0.25, -0.2) is 9.78 Å². The van der Waals surface area contributed by atoms with Crippen molar-refractivity contribution in [2.75, 3.05) is 18.2 Å². The lowest BCUT2D eigenvalue weighted by atomic mass is 10.1. The maximum Gasteiger partial charge on any atom is 0.341 e. The van der Waals surface area contributed by atoms with Crippen LogP contribution in [0.1, 0.15) is 28.9 Å². The molecule has 3 N–H and O–H groups in total. The fourth-order valence-electron chi connectivity index (χ4n) is 1.78. The Morgan fingerprint density at radius 1 is 1.45 bits per heavy atom. The van der Waals surface area contributed by atoms with E-state index >= 15 is 0 Å². The van der Waals surface area contributed by atoms with E-state index in [9.17, 15) is 4.79 Å². The van der Waals surface area contributed by atoms with Gasteiger partial charge in [0.05, 0.1) is 25.0 Å². The summed E-state index contributed by atoms with van der Waals surface area (Å²) in [6.45, 7) is 1.95. The smallest absolute Gasteiger partial charge is 0.341 e. The predicted octanol–water partition coefficient (Wildman–Crippen LogP) is 2.02. The molecule has 0 fully saturated rings. The summed E-state index contributed by atoms with van der Waals surface area (Å²) in [5, 5.41) is 3.16. The molecule has 2 aromatic heterocycles. The van der Waals surface area contributed by atoms with Gasteiger partial charge in [0.1, 0.15) is 11.4 Å². The molecule has 0 saturated heterocycles. The number of hydrogen-bond acceptors (Lipinski definition) is 6. The first-order chi connectivity index (χ1) is 9.61. The summed E-state index contributed by atoms with van der Waals surface area (Å²) in [5.41, 5.74) is 7.36. The number of carbonyl (C=O) groups is 1. The summed E-state index contributed by atoms with van der Waals surface area (Å²) in [4.78, 5) is 20.0. The highest BCUT2D eigenvalue weighted by Gasteiger charge is 2.16. The fourth-order valence-corrected chi connectivity index (χ4v) is 1.78. The molecule has 6 nitrogen and oxygen atoms in total. The lowest BCUT2D eigenvalue weighted by molar-refractivity contribution is 0.0601. The number of methoxy groups -OCH3 is 1. The Kier molecular flexibility index (Phi) is 4.14. The van der Waals surface area contributed by atoms with Gasteiger partial charge >= 0.3 is 5.97 Å². The number of pyridine rings is 2. The van der Waals surface area contributed by atoms with Crippen LogP contribution in [0.15, 0.2) is 36.8 Å². The molecule has 0 aliphatic carbocycles. The van der Waals surface area contributed by atoms with Crippen molar-refractivity contribution in [3.63, 3.8) is 0 Å². The highest BCUT2D eigenvalue weighted by Crippen LogP contribution is 2.22. The van der Waals surface area contributed by atoms with Crippen LogP contribution in [0.3, 0.4) is 0 Å². The number of ether oxygens (including phenoxy) is 1. The summed E-state index contributed by atoms with van der Waals surface area (Å²) in [6, 6.07) is 5.28. The average Bonchev–Trinajstić information content (AvgIpc) is 2.49. The number of nitrogens with zero attached hydrogens (tertiary/aromatic N) is 2. The van der Waals surface area contributed by atoms with Crippen molar-refractivity contribution >= 4 is 17.5 Å². The molecule has 2 aromatic rings. The van der Waals surface area contributed by atoms with Gasteiger partial charge in [0.2, 0.25) is 0 Å². The molecule has 0 aliphatic heterocycles. The second-order valence-corrected chi connectivity index (χ2v) is 4.31. The van der Waals surface area contributed by atoms with E-state index in [-0.39, 0.29) is 6.04 Å². The molecule has 0 aliphatic rings. The largest absolute Gasteiger partial charge is 0.465 e. The van der Waals surface area contributed by atoms with E-state index < -0.39 is 5.97 Å². The van der Waals surface area contributed by atoms with Crippen LogP contribution in [0.25, 0.3) is 0 Å². The highest BCUT2D eigenvalue weighted by molar-refractivity contribution is 5.95. The summed E-state index contributed by atoms with van der Waals surface area (Å²) in [5.74, 6) is -0.0481. The zero-order chi connectivity index (χ0) is 14.5. The van der Waals surface area contributed by atoms with Gasteiger partial charge in [-0.1, -0.05) is 6.07 Å². The zero-order valence-electron chi connectivity index (χ0n) is 11.3. The van der Waals surface area contributed by atoms with Gasteiger partial charge in [0.15, 0.2) is 0 Å². The van der Waals surface area contributed by atoms with Gasteiger partial charge in [-0.2, -0.15) is 0 Å². The summed E-state index contributed by atoms with van der Waals surface area (Å²) in [7, 11) is 1.32. The predicted molar refractivity (Wildman–Crippen MR) is 76.3 cm³/mol. The molecule has 1 atom stereocenters. The Balaban J connectivity index is 2.27. The van der Waals surface area contributed by atoms with E-state index in [0.29, 0.717) is 17.1 Å². The number of nitrogens with two attached hydrogens (primary N) is 1. The first-order valence-corrected chi connectivity index (χ1v) is 6.12. The second kappa shape index (κ2) is 6.01. The summed E-state index contributed by atoms with van der Waals surface area (Å²) in [6.07, 6.45) is 4.95. The summed E-state index contributed by atoms with van der Waals surface area (Å²) >= 11 is 0. The Morgan fingerprint density at radius 2 is 2.25 bits per heavy atom. The Morgan fingerprint density at radius 3 is 2.90 bits per heavy atom. The number of aromatic nitrogens is 2. The quantitative estimate of drug-likeness (QED) is 0.827. The van der Waals surface area contributed by atoms with Crippen LogP contribution < -0.4 is 11.1 Å². The zero-order valence-corrected chi connectivity index (χ0v) is 11.3. The van der Waals surface area contributed by atoms with Crippen molar-refractivity contribution in [1.82, 2.24) is 9.97 Å². The number of nitrogen functional groups attached to an aromatic ring is 1. The maximum absolute atomic E-state index is 11.7. The molecule has 2 rings (SSSR count). The van der Waals surface area contributed by atoms with Gasteiger partial charge in [-0.05, 0) is 24.6 Å². The van der Waals surface area contributed by atoms with Gasteiger partial charge in [-0.15, -0.1) is 0 Å². The van der Waals surface area contributed by atoms with Crippen molar-refractivity contribution in [1.29, 1.82) is 0 Å². The first-order valence-electron chi connectivity index (χ1n) is 6.12. The topological polar surface area (TPSA) is 90.1 Å². The fraction of sp³-hybridized carbons (Fsp3) is 0.214. The minimum absolute atomic E-state index is 0.0526. The number of carbonyl (C=O) groups excluding carboxylic acids is 1. The van der Waals surface area contributed by atoms with Crippen LogP contribution in [-0.2, 0) is 4.74 Å². The van der Waals surface area contributed by atoms with Crippen molar-refractivity contribution in [2.24, 2.45) is 0 Å². The van der Waals surface area contributed by atoms with Gasteiger partial charge < -0.3 is 15.8 Å². The van der Waals surface area contributed by atoms with Crippen molar-refractivity contribution in [3.8, 4) is 0 Å². The minimum Gasteiger partial charge on any atom is -0.465 e. The van der Waals surface area contributed by atoms with Crippen molar-refractivity contribution in [3.05, 3.63) is 47.9 Å². The minimum atomic E-state index is -0.481. The second-order valence-electron chi connectivity index (χ2n) is 4.31. The lowest BCUT2D eigenvalue weighted by Crippen LogP contribution is -2.14. The molecular formula is C14H16N4O2. The van der Waals surface area contributed by atoms with Crippen LogP contribution >= 0.6 is 0 Å². The van der Waals surface area contributed by atoms with E-state index in [1.165, 1.54) is 19.4 Å². The Labute approximate surface area is 117 Å². The summed E-state index contributed by atoms with van der Waals surface area (Å²) < 4.78 is 4.73. The van der Waals surface area contributed by atoms with Crippen LogP contribution in [0.4, 0.5) is 11.5 Å². The molecule has 0 radical (unpaired) electrons. The van der Waals surface area contributed by atoms with E-state index in [1.54, 1.807) is 12.4 Å². The molecule has 20 heavy (non-hydrogen) atoms. The van der Waals surface area contributed by atoms with Crippen molar-refractivity contribution in [2.45, 2.75) is 13.0 Å². The van der Waals surface area contributed by atoms with E-state index in [0.717, 1.165) is 5.56 Å². The van der Waals surface area contributed by atoms with Crippen LogP contribution in [0.5, 0.6) is 0 Å². The van der Waals surface area contributed by atoms with Crippen LogP contribution in [-0.4, -0.2) is 23.0 Å². The standard InChI is InChI=1S/C14H16N4O2/c1-9(10-4-3-5-16-7-10)18-13-12(14(19)20-2)6-11(15)8-17-13/h3-9H,15H2,1-2H3,(H,17,18).